The van der Waals surface area contributed by atoms with Gasteiger partial charge in [0.05, 0.1) is 20.3 Å². The Morgan fingerprint density at radius 1 is 1.08 bits per heavy atom. The van der Waals surface area contributed by atoms with Gasteiger partial charge < -0.3 is 29.6 Å². The quantitative estimate of drug-likeness (QED) is 0.570. The van der Waals surface area contributed by atoms with E-state index < -0.39 is 24.4 Å². The third kappa shape index (κ3) is 2.79. The van der Waals surface area contributed by atoms with E-state index in [1.807, 2.05) is 0 Å². The molecular formula is C18H16O7. The third-order valence-electron chi connectivity index (χ3n) is 3.98. The van der Waals surface area contributed by atoms with Crippen molar-refractivity contribution < 1.29 is 29.6 Å². The average Bonchev–Trinajstić information content (AvgIpc) is 2.60. The van der Waals surface area contributed by atoms with Crippen molar-refractivity contribution in [3.05, 3.63) is 51.7 Å². The molecule has 0 aliphatic carbocycles. The molecule has 0 aliphatic rings. The van der Waals surface area contributed by atoms with Gasteiger partial charge in [0.2, 0.25) is 0 Å². The number of benzene rings is 2. The predicted molar refractivity (Wildman–Crippen MR) is 89.6 cm³/mol. The number of methoxy groups -OCH3 is 1. The average molecular weight is 344 g/mol. The maximum Gasteiger partial charge on any atom is 0.197 e. The molecule has 0 unspecified atom stereocenters. The first kappa shape index (κ1) is 16.8. The fourth-order valence-corrected chi connectivity index (χ4v) is 2.70. The molecule has 1 heterocycles. The third-order valence-corrected chi connectivity index (χ3v) is 3.98. The number of phenols is 2. The number of aliphatic hydroxyl groups excluding tert-OH is 2. The second-order valence-corrected chi connectivity index (χ2v) is 5.41. The lowest BCUT2D eigenvalue weighted by Gasteiger charge is -2.11. The van der Waals surface area contributed by atoms with E-state index in [0.29, 0.717) is 5.56 Å². The first-order chi connectivity index (χ1) is 12.0. The van der Waals surface area contributed by atoms with Gasteiger partial charge in [-0.05, 0) is 29.8 Å². The summed E-state index contributed by atoms with van der Waals surface area (Å²) in [5.74, 6) is -0.0747. The molecule has 25 heavy (non-hydrogen) atoms. The zero-order chi connectivity index (χ0) is 18.1. The number of fused-ring (bicyclic) bond motifs is 1. The number of hydrogen-bond donors (Lipinski definition) is 4. The summed E-state index contributed by atoms with van der Waals surface area (Å²) in [6.07, 6.45) is 0. The summed E-state index contributed by atoms with van der Waals surface area (Å²) in [7, 11) is 1.42. The summed E-state index contributed by atoms with van der Waals surface area (Å²) in [5, 5.41) is 38.8. The van der Waals surface area contributed by atoms with Gasteiger partial charge in [-0.2, -0.15) is 0 Å². The van der Waals surface area contributed by atoms with Crippen molar-refractivity contribution in [3.8, 4) is 28.6 Å². The SMILES string of the molecule is COc1ccc(-c2cc(=O)c3c(O)c(CO)c(CO)cc3o2)cc1O. The number of ether oxygens (including phenoxy) is 1. The number of aliphatic hydroxyl groups is 2. The van der Waals surface area contributed by atoms with Crippen LogP contribution >= 0.6 is 0 Å². The minimum absolute atomic E-state index is 0.0663. The summed E-state index contributed by atoms with van der Waals surface area (Å²) >= 11 is 0. The molecule has 0 saturated carbocycles. The van der Waals surface area contributed by atoms with Gasteiger partial charge in [0, 0.05) is 17.2 Å². The number of aromatic hydroxyl groups is 2. The number of hydrogen-bond acceptors (Lipinski definition) is 7. The number of rotatable bonds is 4. The predicted octanol–water partition coefficient (Wildman–Crippen LogP) is 1.86. The van der Waals surface area contributed by atoms with Gasteiger partial charge in [-0.25, -0.2) is 0 Å². The van der Waals surface area contributed by atoms with Crippen LogP contribution in [0, 0.1) is 0 Å². The summed E-state index contributed by atoms with van der Waals surface area (Å²) in [4.78, 5) is 12.4. The molecule has 1 aromatic heterocycles. The van der Waals surface area contributed by atoms with Crippen molar-refractivity contribution in [2.75, 3.05) is 7.11 Å². The van der Waals surface area contributed by atoms with Crippen LogP contribution in [0.4, 0.5) is 0 Å². The van der Waals surface area contributed by atoms with Crippen molar-refractivity contribution >= 4 is 11.0 Å². The van der Waals surface area contributed by atoms with Crippen LogP contribution in [0.25, 0.3) is 22.3 Å². The lowest BCUT2D eigenvalue weighted by Crippen LogP contribution is -2.05. The smallest absolute Gasteiger partial charge is 0.197 e. The molecule has 0 amide bonds. The lowest BCUT2D eigenvalue weighted by molar-refractivity contribution is 0.255. The topological polar surface area (TPSA) is 120 Å². The zero-order valence-corrected chi connectivity index (χ0v) is 13.3. The van der Waals surface area contributed by atoms with Crippen molar-refractivity contribution in [1.82, 2.24) is 0 Å². The minimum Gasteiger partial charge on any atom is -0.507 e. The van der Waals surface area contributed by atoms with Crippen LogP contribution in [0.3, 0.4) is 0 Å². The van der Waals surface area contributed by atoms with Gasteiger partial charge in [-0.1, -0.05) is 0 Å². The highest BCUT2D eigenvalue weighted by Gasteiger charge is 2.17. The van der Waals surface area contributed by atoms with Gasteiger partial charge in [0.1, 0.15) is 22.5 Å². The van der Waals surface area contributed by atoms with Crippen molar-refractivity contribution in [3.63, 3.8) is 0 Å². The first-order valence-corrected chi connectivity index (χ1v) is 7.40. The summed E-state index contributed by atoms with van der Waals surface area (Å²) in [6, 6.07) is 7.10. The van der Waals surface area contributed by atoms with Crippen LogP contribution < -0.4 is 10.2 Å². The summed E-state index contributed by atoms with van der Waals surface area (Å²) in [6.45, 7) is -0.956. The summed E-state index contributed by atoms with van der Waals surface area (Å²) in [5.41, 5.74) is 0.330. The Kier molecular flexibility index (Phi) is 4.35. The highest BCUT2D eigenvalue weighted by atomic mass is 16.5. The van der Waals surface area contributed by atoms with Gasteiger partial charge in [0.15, 0.2) is 16.9 Å². The van der Waals surface area contributed by atoms with Crippen LogP contribution in [-0.2, 0) is 13.2 Å². The highest BCUT2D eigenvalue weighted by Crippen LogP contribution is 2.35. The van der Waals surface area contributed by atoms with Crippen molar-refractivity contribution in [2.24, 2.45) is 0 Å². The van der Waals surface area contributed by atoms with E-state index >= 15 is 0 Å². The van der Waals surface area contributed by atoms with Crippen LogP contribution in [0.2, 0.25) is 0 Å². The standard InChI is InChI=1S/C18H16O7/c1-24-14-3-2-9(4-12(14)21)15-6-13(22)17-16(25-15)5-10(7-19)11(8-20)18(17)23/h2-6,19-21,23H,7-8H2,1H3. The Hall–Kier alpha value is -3.03. The summed E-state index contributed by atoms with van der Waals surface area (Å²) < 4.78 is 10.6. The van der Waals surface area contributed by atoms with E-state index in [2.05, 4.69) is 0 Å². The van der Waals surface area contributed by atoms with Crippen LogP contribution in [0.15, 0.2) is 39.5 Å². The van der Waals surface area contributed by atoms with E-state index in [1.165, 1.54) is 31.4 Å². The largest absolute Gasteiger partial charge is 0.507 e. The van der Waals surface area contributed by atoms with Gasteiger partial charge in [-0.15, -0.1) is 0 Å². The van der Waals surface area contributed by atoms with Gasteiger partial charge >= 0.3 is 0 Å². The van der Waals surface area contributed by atoms with E-state index in [9.17, 15) is 25.2 Å². The second-order valence-electron chi connectivity index (χ2n) is 5.41. The fourth-order valence-electron chi connectivity index (χ4n) is 2.70. The molecule has 0 spiro atoms. The normalized spacial score (nSPS) is 11.0. The van der Waals surface area contributed by atoms with E-state index in [-0.39, 0.29) is 39.4 Å². The lowest BCUT2D eigenvalue weighted by atomic mass is 10.0. The molecule has 2 aromatic carbocycles. The second kappa shape index (κ2) is 6.46. The van der Waals surface area contributed by atoms with Crippen molar-refractivity contribution in [1.29, 1.82) is 0 Å². The molecule has 0 fully saturated rings. The Morgan fingerprint density at radius 2 is 1.84 bits per heavy atom. The Balaban J connectivity index is 2.26. The van der Waals surface area contributed by atoms with Crippen LogP contribution in [0.1, 0.15) is 11.1 Å². The molecule has 3 aromatic rings. The van der Waals surface area contributed by atoms with E-state index in [4.69, 9.17) is 9.15 Å². The molecule has 3 rings (SSSR count). The molecule has 7 nitrogen and oxygen atoms in total. The Labute approximate surface area is 142 Å². The maximum absolute atomic E-state index is 12.4. The Bertz CT molecular complexity index is 1000. The molecule has 0 bridgehead atoms. The zero-order valence-electron chi connectivity index (χ0n) is 13.3. The van der Waals surface area contributed by atoms with E-state index in [0.717, 1.165) is 0 Å². The monoisotopic (exact) mass is 344 g/mol. The molecule has 0 aliphatic heterocycles. The maximum atomic E-state index is 12.4. The highest BCUT2D eigenvalue weighted by molar-refractivity contribution is 5.87. The molecule has 7 heteroatoms. The van der Waals surface area contributed by atoms with Crippen LogP contribution in [-0.4, -0.2) is 27.5 Å². The molecule has 4 N–H and O–H groups in total. The van der Waals surface area contributed by atoms with Crippen molar-refractivity contribution in [2.45, 2.75) is 13.2 Å². The van der Waals surface area contributed by atoms with Crippen LogP contribution in [0.5, 0.6) is 17.2 Å². The van der Waals surface area contributed by atoms with Gasteiger partial charge in [0.25, 0.3) is 0 Å². The number of phenolic OH excluding ortho intramolecular Hbond substituents is 1. The molecule has 130 valence electrons. The molecular weight excluding hydrogens is 328 g/mol. The molecule has 0 radical (unpaired) electrons. The minimum atomic E-state index is -0.523. The first-order valence-electron chi connectivity index (χ1n) is 7.40. The fraction of sp³-hybridized carbons (Fsp3) is 0.167. The molecule has 0 atom stereocenters. The van der Waals surface area contributed by atoms with Gasteiger partial charge in [-0.3, -0.25) is 4.79 Å². The Morgan fingerprint density at radius 3 is 2.44 bits per heavy atom. The molecule has 0 saturated heterocycles. The van der Waals surface area contributed by atoms with E-state index in [1.54, 1.807) is 6.07 Å².